The van der Waals surface area contributed by atoms with Gasteiger partial charge in [-0.2, -0.15) is 0 Å². The van der Waals surface area contributed by atoms with Gasteiger partial charge < -0.3 is 5.32 Å². The van der Waals surface area contributed by atoms with Crippen LogP contribution >= 0.6 is 0 Å². The lowest BCUT2D eigenvalue weighted by Crippen LogP contribution is -2.43. The van der Waals surface area contributed by atoms with Gasteiger partial charge in [-0.3, -0.25) is 4.79 Å². The molecular weight excluding hydrogens is 288 g/mol. The molecule has 0 unspecified atom stereocenters. The summed E-state index contributed by atoms with van der Waals surface area (Å²) in [6.45, 7) is 7.86. The lowest BCUT2D eigenvalue weighted by Gasteiger charge is -2.26. The van der Waals surface area contributed by atoms with Crippen LogP contribution in [0.4, 0.5) is 0 Å². The van der Waals surface area contributed by atoms with E-state index in [-0.39, 0.29) is 16.3 Å². The van der Waals surface area contributed by atoms with Gasteiger partial charge >= 0.3 is 0 Å². The standard InChI is InChI=1S/C15H24N2O3S/c1-5-9-15(3,4)17-14(18)13-10-12(21(16,19)20)8-7-11(13)6-2/h7-8,10H,5-6,9H2,1-4H3,(H,17,18)(H2,16,19,20). The normalized spacial score (nSPS) is 12.2. The van der Waals surface area contributed by atoms with Gasteiger partial charge in [0.05, 0.1) is 4.90 Å². The fourth-order valence-electron chi connectivity index (χ4n) is 2.31. The molecule has 1 aromatic rings. The summed E-state index contributed by atoms with van der Waals surface area (Å²) < 4.78 is 22.9. The van der Waals surface area contributed by atoms with Gasteiger partial charge in [0.2, 0.25) is 10.0 Å². The summed E-state index contributed by atoms with van der Waals surface area (Å²) >= 11 is 0. The molecule has 1 amide bonds. The number of benzene rings is 1. The van der Waals surface area contributed by atoms with Gasteiger partial charge in [0.25, 0.3) is 5.91 Å². The molecule has 0 aliphatic heterocycles. The van der Waals surface area contributed by atoms with E-state index in [0.29, 0.717) is 12.0 Å². The molecule has 3 N–H and O–H groups in total. The Kier molecular flexibility index (Phi) is 5.53. The van der Waals surface area contributed by atoms with Crippen LogP contribution in [0.25, 0.3) is 0 Å². The molecule has 1 rings (SSSR count). The minimum Gasteiger partial charge on any atom is -0.347 e. The summed E-state index contributed by atoms with van der Waals surface area (Å²) in [6, 6.07) is 4.43. The number of hydrogen-bond acceptors (Lipinski definition) is 3. The molecule has 6 heteroatoms. The van der Waals surface area contributed by atoms with Crippen molar-refractivity contribution >= 4 is 15.9 Å². The van der Waals surface area contributed by atoms with Crippen LogP contribution < -0.4 is 10.5 Å². The smallest absolute Gasteiger partial charge is 0.252 e. The molecule has 0 bridgehead atoms. The Morgan fingerprint density at radius 1 is 1.29 bits per heavy atom. The third kappa shape index (κ3) is 4.82. The molecule has 0 aliphatic carbocycles. The molecule has 5 nitrogen and oxygen atoms in total. The fraction of sp³-hybridized carbons (Fsp3) is 0.533. The second-order valence-corrected chi connectivity index (χ2v) is 7.37. The maximum atomic E-state index is 12.4. The molecule has 21 heavy (non-hydrogen) atoms. The molecule has 0 aromatic heterocycles. The van der Waals surface area contributed by atoms with Crippen LogP contribution in [-0.4, -0.2) is 19.9 Å². The molecule has 0 atom stereocenters. The summed E-state index contributed by atoms with van der Waals surface area (Å²) in [4.78, 5) is 12.4. The number of amides is 1. The second kappa shape index (κ2) is 6.58. The van der Waals surface area contributed by atoms with E-state index < -0.39 is 10.0 Å². The summed E-state index contributed by atoms with van der Waals surface area (Å²) in [5.41, 5.74) is 0.828. The predicted molar refractivity (Wildman–Crippen MR) is 83.6 cm³/mol. The number of aryl methyl sites for hydroxylation is 1. The van der Waals surface area contributed by atoms with E-state index in [1.807, 2.05) is 27.7 Å². The number of rotatable bonds is 6. The van der Waals surface area contributed by atoms with Crippen molar-refractivity contribution in [2.75, 3.05) is 0 Å². The first-order chi connectivity index (χ1) is 9.60. The van der Waals surface area contributed by atoms with Crippen molar-refractivity contribution in [3.8, 4) is 0 Å². The molecule has 0 radical (unpaired) electrons. The number of sulfonamides is 1. The van der Waals surface area contributed by atoms with E-state index in [1.54, 1.807) is 6.07 Å². The molecule has 0 heterocycles. The number of nitrogens with two attached hydrogens (primary N) is 1. The zero-order valence-electron chi connectivity index (χ0n) is 13.1. The van der Waals surface area contributed by atoms with Gasteiger partial charge in [0.1, 0.15) is 0 Å². The van der Waals surface area contributed by atoms with Gasteiger partial charge in [-0.25, -0.2) is 13.6 Å². The van der Waals surface area contributed by atoms with Crippen molar-refractivity contribution in [3.05, 3.63) is 29.3 Å². The lowest BCUT2D eigenvalue weighted by atomic mass is 9.97. The number of primary sulfonamides is 1. The largest absolute Gasteiger partial charge is 0.347 e. The highest BCUT2D eigenvalue weighted by Crippen LogP contribution is 2.18. The van der Waals surface area contributed by atoms with Gasteiger partial charge in [-0.05, 0) is 44.4 Å². The molecular formula is C15H24N2O3S. The van der Waals surface area contributed by atoms with E-state index in [4.69, 9.17) is 5.14 Å². The molecule has 0 saturated heterocycles. The van der Waals surface area contributed by atoms with Crippen molar-refractivity contribution in [2.45, 2.75) is 57.4 Å². The SMILES string of the molecule is CCCC(C)(C)NC(=O)c1cc(S(N)(=O)=O)ccc1CC. The van der Waals surface area contributed by atoms with Crippen LogP contribution in [0.3, 0.4) is 0 Å². The molecule has 0 aliphatic rings. The average Bonchev–Trinajstić information content (AvgIpc) is 2.36. The Hall–Kier alpha value is -1.40. The predicted octanol–water partition coefficient (Wildman–Crippen LogP) is 2.20. The van der Waals surface area contributed by atoms with Crippen LogP contribution in [0.1, 0.15) is 56.5 Å². The van der Waals surface area contributed by atoms with E-state index in [2.05, 4.69) is 5.32 Å². The zero-order chi connectivity index (χ0) is 16.3. The minimum absolute atomic E-state index is 0.0434. The summed E-state index contributed by atoms with van der Waals surface area (Å²) in [7, 11) is -3.82. The first kappa shape index (κ1) is 17.7. The van der Waals surface area contributed by atoms with Crippen LogP contribution in [-0.2, 0) is 16.4 Å². The quantitative estimate of drug-likeness (QED) is 0.844. The minimum atomic E-state index is -3.82. The third-order valence-electron chi connectivity index (χ3n) is 3.36. The topological polar surface area (TPSA) is 89.3 Å². The Labute approximate surface area is 127 Å². The molecule has 0 spiro atoms. The van der Waals surface area contributed by atoms with E-state index in [1.165, 1.54) is 12.1 Å². The van der Waals surface area contributed by atoms with Crippen molar-refractivity contribution in [1.82, 2.24) is 5.32 Å². The Balaban J connectivity index is 3.18. The highest BCUT2D eigenvalue weighted by atomic mass is 32.2. The summed E-state index contributed by atoms with van der Waals surface area (Å²) in [5, 5.41) is 8.09. The van der Waals surface area contributed by atoms with Crippen LogP contribution in [0.2, 0.25) is 0 Å². The molecule has 0 saturated carbocycles. The molecule has 1 aromatic carbocycles. The van der Waals surface area contributed by atoms with Gasteiger partial charge in [-0.15, -0.1) is 0 Å². The molecule has 118 valence electrons. The van der Waals surface area contributed by atoms with Crippen molar-refractivity contribution < 1.29 is 13.2 Å². The first-order valence-electron chi connectivity index (χ1n) is 7.09. The average molecular weight is 312 g/mol. The number of carbonyl (C=O) groups excluding carboxylic acids is 1. The van der Waals surface area contributed by atoms with Gasteiger partial charge in [-0.1, -0.05) is 26.3 Å². The fourth-order valence-corrected chi connectivity index (χ4v) is 2.85. The zero-order valence-corrected chi connectivity index (χ0v) is 13.9. The Morgan fingerprint density at radius 2 is 1.90 bits per heavy atom. The van der Waals surface area contributed by atoms with Crippen molar-refractivity contribution in [1.29, 1.82) is 0 Å². The first-order valence-corrected chi connectivity index (χ1v) is 8.63. The Bertz CT molecular complexity index is 622. The van der Waals surface area contributed by atoms with Gasteiger partial charge in [0.15, 0.2) is 0 Å². The maximum absolute atomic E-state index is 12.4. The maximum Gasteiger partial charge on any atom is 0.252 e. The monoisotopic (exact) mass is 312 g/mol. The van der Waals surface area contributed by atoms with Crippen LogP contribution in [0.5, 0.6) is 0 Å². The van der Waals surface area contributed by atoms with Gasteiger partial charge in [0, 0.05) is 11.1 Å². The number of hydrogen-bond donors (Lipinski definition) is 2. The van der Waals surface area contributed by atoms with E-state index in [0.717, 1.165) is 18.4 Å². The van der Waals surface area contributed by atoms with Crippen LogP contribution in [0.15, 0.2) is 23.1 Å². The molecule has 0 fully saturated rings. The summed E-state index contributed by atoms with van der Waals surface area (Å²) in [5.74, 6) is -0.268. The summed E-state index contributed by atoms with van der Waals surface area (Å²) in [6.07, 6.45) is 2.43. The third-order valence-corrected chi connectivity index (χ3v) is 4.27. The number of nitrogens with one attached hydrogen (secondary N) is 1. The van der Waals surface area contributed by atoms with E-state index in [9.17, 15) is 13.2 Å². The van der Waals surface area contributed by atoms with E-state index >= 15 is 0 Å². The highest BCUT2D eigenvalue weighted by Gasteiger charge is 2.22. The van der Waals surface area contributed by atoms with Crippen molar-refractivity contribution in [2.24, 2.45) is 5.14 Å². The highest BCUT2D eigenvalue weighted by molar-refractivity contribution is 7.89. The second-order valence-electron chi connectivity index (χ2n) is 5.81. The lowest BCUT2D eigenvalue weighted by molar-refractivity contribution is 0.0908. The van der Waals surface area contributed by atoms with Crippen LogP contribution in [0, 0.1) is 0 Å². The van der Waals surface area contributed by atoms with Crippen molar-refractivity contribution in [3.63, 3.8) is 0 Å². The number of carbonyl (C=O) groups is 1. The Morgan fingerprint density at radius 3 is 2.38 bits per heavy atom.